The average molecular weight is 491 g/mol. The second-order valence-corrected chi connectivity index (χ2v) is 9.35. The van der Waals surface area contributed by atoms with Crippen LogP contribution in [0.25, 0.3) is 11.3 Å². The number of hydroxylamine groups is 2. The molecule has 2 aromatic rings. The smallest absolute Gasteiger partial charge is 0.487 e. The molecule has 0 bridgehead atoms. The van der Waals surface area contributed by atoms with Gasteiger partial charge < -0.3 is 19.4 Å². The SMILES string of the molecule is CC(C1CC1)N(C)OC(=O)OCc1c(-c2ccc(O[C@H]3CCC[C@H](C(=O)O)C3)c(F)c2)nnn1C. The summed E-state index contributed by atoms with van der Waals surface area (Å²) in [7, 11) is 3.35. The molecule has 0 aliphatic heterocycles. The summed E-state index contributed by atoms with van der Waals surface area (Å²) >= 11 is 0. The minimum absolute atomic E-state index is 0.0582. The number of benzene rings is 1. The number of ether oxygens (including phenoxy) is 2. The van der Waals surface area contributed by atoms with E-state index in [1.165, 1.54) is 21.9 Å². The molecule has 2 fully saturated rings. The van der Waals surface area contributed by atoms with Gasteiger partial charge in [-0.15, -0.1) is 10.2 Å². The Morgan fingerprint density at radius 2 is 2.06 bits per heavy atom. The Labute approximate surface area is 202 Å². The maximum Gasteiger partial charge on any atom is 0.528 e. The van der Waals surface area contributed by atoms with Crippen molar-refractivity contribution in [2.24, 2.45) is 18.9 Å². The van der Waals surface area contributed by atoms with Gasteiger partial charge in [0.15, 0.2) is 11.6 Å². The van der Waals surface area contributed by atoms with Crippen LogP contribution in [0.5, 0.6) is 5.75 Å². The molecule has 10 nitrogen and oxygen atoms in total. The van der Waals surface area contributed by atoms with Crippen molar-refractivity contribution in [2.45, 2.75) is 64.2 Å². The quantitative estimate of drug-likeness (QED) is 0.412. The monoisotopic (exact) mass is 490 g/mol. The van der Waals surface area contributed by atoms with Crippen molar-refractivity contribution in [3.63, 3.8) is 0 Å². The number of carbonyl (C=O) groups excluding carboxylic acids is 1. The molecule has 4 rings (SSSR count). The highest BCUT2D eigenvalue weighted by atomic mass is 19.1. The number of hydrogen-bond acceptors (Lipinski definition) is 8. The molecule has 1 heterocycles. The number of halogens is 1. The number of carboxylic acid groups (broad SMARTS) is 1. The Morgan fingerprint density at radius 1 is 1.29 bits per heavy atom. The number of hydrogen-bond donors (Lipinski definition) is 1. The highest BCUT2D eigenvalue weighted by Crippen LogP contribution is 2.35. The lowest BCUT2D eigenvalue weighted by molar-refractivity contribution is -0.143. The molecule has 0 spiro atoms. The van der Waals surface area contributed by atoms with Crippen LogP contribution in [0.3, 0.4) is 0 Å². The van der Waals surface area contributed by atoms with Gasteiger partial charge in [-0.1, -0.05) is 5.21 Å². The second kappa shape index (κ2) is 10.6. The third-order valence-corrected chi connectivity index (χ3v) is 6.84. The number of aryl methyl sites for hydroxylation is 1. The molecule has 3 atom stereocenters. The minimum Gasteiger partial charge on any atom is -0.487 e. The van der Waals surface area contributed by atoms with Gasteiger partial charge in [0.05, 0.1) is 12.0 Å². The lowest BCUT2D eigenvalue weighted by atomic mass is 9.87. The van der Waals surface area contributed by atoms with Gasteiger partial charge in [0.2, 0.25) is 0 Å². The Morgan fingerprint density at radius 3 is 2.74 bits per heavy atom. The molecule has 2 saturated carbocycles. The van der Waals surface area contributed by atoms with Gasteiger partial charge in [0.25, 0.3) is 0 Å². The molecular formula is C24H31FN4O6. The van der Waals surface area contributed by atoms with E-state index >= 15 is 0 Å². The minimum atomic E-state index is -0.848. The van der Waals surface area contributed by atoms with Crippen LogP contribution >= 0.6 is 0 Å². The van der Waals surface area contributed by atoms with E-state index in [-0.39, 0.29) is 24.5 Å². The summed E-state index contributed by atoms with van der Waals surface area (Å²) in [6.07, 6.45) is 3.43. The lowest BCUT2D eigenvalue weighted by Gasteiger charge is -2.27. The number of rotatable bonds is 9. The van der Waals surface area contributed by atoms with E-state index in [9.17, 15) is 19.1 Å². The fourth-order valence-electron chi connectivity index (χ4n) is 4.39. The van der Waals surface area contributed by atoms with Crippen LogP contribution in [0.1, 0.15) is 51.1 Å². The Bertz CT molecular complexity index is 1070. The molecule has 2 aliphatic rings. The first-order chi connectivity index (χ1) is 16.7. The van der Waals surface area contributed by atoms with Gasteiger partial charge in [0, 0.05) is 25.7 Å². The first-order valence-corrected chi connectivity index (χ1v) is 11.9. The first-order valence-electron chi connectivity index (χ1n) is 11.9. The zero-order valence-electron chi connectivity index (χ0n) is 20.1. The third-order valence-electron chi connectivity index (χ3n) is 6.84. The van der Waals surface area contributed by atoms with Gasteiger partial charge in [-0.2, -0.15) is 0 Å². The van der Waals surface area contributed by atoms with Crippen LogP contribution in [-0.4, -0.2) is 56.5 Å². The van der Waals surface area contributed by atoms with Crippen LogP contribution in [0, 0.1) is 17.7 Å². The Hall–Kier alpha value is -3.21. The zero-order valence-corrected chi connectivity index (χ0v) is 20.1. The van der Waals surface area contributed by atoms with Crippen molar-refractivity contribution in [3.05, 3.63) is 29.7 Å². The van der Waals surface area contributed by atoms with Gasteiger partial charge in [-0.05, 0) is 69.6 Å². The topological polar surface area (TPSA) is 116 Å². The van der Waals surface area contributed by atoms with Crippen molar-refractivity contribution in [3.8, 4) is 17.0 Å². The van der Waals surface area contributed by atoms with Crippen LogP contribution in [0.4, 0.5) is 9.18 Å². The lowest BCUT2D eigenvalue weighted by Crippen LogP contribution is -2.33. The van der Waals surface area contributed by atoms with Crippen molar-refractivity contribution in [2.75, 3.05) is 7.05 Å². The molecule has 11 heteroatoms. The fraction of sp³-hybridized carbons (Fsp3) is 0.583. The van der Waals surface area contributed by atoms with E-state index in [1.807, 2.05) is 6.92 Å². The molecule has 1 aromatic heterocycles. The Balaban J connectivity index is 1.39. The normalized spacial score (nSPS) is 20.9. The molecule has 2 aliphatic carbocycles. The predicted molar refractivity (Wildman–Crippen MR) is 122 cm³/mol. The predicted octanol–water partition coefficient (Wildman–Crippen LogP) is 3.94. The van der Waals surface area contributed by atoms with E-state index in [0.29, 0.717) is 42.1 Å². The molecule has 0 radical (unpaired) electrons. The summed E-state index contributed by atoms with van der Waals surface area (Å²) < 4.78 is 27.4. The van der Waals surface area contributed by atoms with Crippen molar-refractivity contribution < 1.29 is 33.4 Å². The standard InChI is InChI=1S/C24H31FN4O6/c1-14(15-7-8-15)29(3)35-24(32)33-13-20-22(26-27-28(20)2)16-9-10-21(19(25)12-16)34-18-6-4-5-17(11-18)23(30)31/h9-10,12,14-15,17-18H,4-8,11,13H2,1-3H3,(H,30,31)/t14?,17-,18-/m0/s1. The van der Waals surface area contributed by atoms with Crippen molar-refractivity contribution in [1.82, 2.24) is 20.1 Å². The summed E-state index contributed by atoms with van der Waals surface area (Å²) in [5, 5.41) is 18.8. The Kier molecular flexibility index (Phi) is 7.54. The first kappa shape index (κ1) is 24.9. The summed E-state index contributed by atoms with van der Waals surface area (Å²) in [4.78, 5) is 28.7. The van der Waals surface area contributed by atoms with E-state index < -0.39 is 23.9 Å². The highest BCUT2D eigenvalue weighted by Gasteiger charge is 2.33. The van der Waals surface area contributed by atoms with Crippen LogP contribution in [0.15, 0.2) is 18.2 Å². The van der Waals surface area contributed by atoms with Crippen LogP contribution < -0.4 is 4.74 Å². The number of aliphatic carboxylic acids is 1. The summed E-state index contributed by atoms with van der Waals surface area (Å²) in [6, 6.07) is 4.54. The molecule has 1 aromatic carbocycles. The van der Waals surface area contributed by atoms with E-state index in [0.717, 1.165) is 19.3 Å². The van der Waals surface area contributed by atoms with Gasteiger partial charge in [0.1, 0.15) is 18.0 Å². The molecule has 1 N–H and O–H groups in total. The molecular weight excluding hydrogens is 459 g/mol. The maximum absolute atomic E-state index is 14.9. The van der Waals surface area contributed by atoms with Gasteiger partial charge in [-0.3, -0.25) is 4.79 Å². The van der Waals surface area contributed by atoms with Gasteiger partial charge >= 0.3 is 12.1 Å². The molecule has 0 saturated heterocycles. The van der Waals surface area contributed by atoms with E-state index in [4.69, 9.17) is 14.3 Å². The van der Waals surface area contributed by atoms with Crippen LogP contribution in [-0.2, 0) is 28.0 Å². The fourth-order valence-corrected chi connectivity index (χ4v) is 4.39. The van der Waals surface area contributed by atoms with Gasteiger partial charge in [-0.25, -0.2) is 13.9 Å². The van der Waals surface area contributed by atoms with Crippen LogP contribution in [0.2, 0.25) is 0 Å². The van der Waals surface area contributed by atoms with Crippen molar-refractivity contribution >= 4 is 12.1 Å². The summed E-state index contributed by atoms with van der Waals surface area (Å²) in [5.41, 5.74) is 1.29. The second-order valence-electron chi connectivity index (χ2n) is 9.35. The largest absolute Gasteiger partial charge is 0.528 e. The highest BCUT2D eigenvalue weighted by molar-refractivity contribution is 5.70. The van der Waals surface area contributed by atoms with E-state index in [2.05, 4.69) is 10.3 Å². The maximum atomic E-state index is 14.9. The van der Waals surface area contributed by atoms with E-state index in [1.54, 1.807) is 20.2 Å². The zero-order chi connectivity index (χ0) is 25.1. The molecule has 0 amide bonds. The number of nitrogens with zero attached hydrogens (tertiary/aromatic N) is 4. The molecule has 1 unspecified atom stereocenters. The number of aromatic nitrogens is 3. The average Bonchev–Trinajstić information content (AvgIpc) is 3.61. The third kappa shape index (κ3) is 6.08. The summed E-state index contributed by atoms with van der Waals surface area (Å²) in [5.74, 6) is -1.32. The number of carbonyl (C=O) groups is 2. The summed E-state index contributed by atoms with van der Waals surface area (Å²) in [6.45, 7) is 1.84. The van der Waals surface area contributed by atoms with Crippen molar-refractivity contribution in [1.29, 1.82) is 0 Å². The molecule has 35 heavy (non-hydrogen) atoms. The molecule has 190 valence electrons. The number of carboxylic acids is 1.